The third-order valence-electron chi connectivity index (χ3n) is 9.20. The van der Waals surface area contributed by atoms with Gasteiger partial charge in [0.05, 0.1) is 20.8 Å². The van der Waals surface area contributed by atoms with Crippen molar-refractivity contribution in [3.63, 3.8) is 0 Å². The van der Waals surface area contributed by atoms with Gasteiger partial charge < -0.3 is 14.2 Å². The molecule has 2 saturated heterocycles. The summed E-state index contributed by atoms with van der Waals surface area (Å²) in [6.07, 6.45) is 5.89. The molecule has 3 fully saturated rings. The summed E-state index contributed by atoms with van der Waals surface area (Å²) in [5.74, 6) is 1.73. The van der Waals surface area contributed by atoms with E-state index in [1.54, 1.807) is 14.2 Å². The smallest absolute Gasteiger partial charge is 0.317 e. The molecule has 2 aromatic carbocycles. The van der Waals surface area contributed by atoms with Crippen LogP contribution in [0.5, 0.6) is 5.75 Å². The van der Waals surface area contributed by atoms with Crippen LogP contribution in [0.4, 0.5) is 0 Å². The Hall–Kier alpha value is -2.63. The predicted molar refractivity (Wildman–Crippen MR) is 151 cm³/mol. The molecule has 6 rings (SSSR count). The number of fused-ring (bicyclic) bond motifs is 1. The van der Waals surface area contributed by atoms with Gasteiger partial charge in [0.25, 0.3) is 0 Å². The molecule has 0 spiro atoms. The number of carbonyl (C=O) groups excluding carboxylic acids is 1. The van der Waals surface area contributed by atoms with Crippen molar-refractivity contribution in [1.82, 2.24) is 4.90 Å². The zero-order chi connectivity index (χ0) is 26.7. The van der Waals surface area contributed by atoms with Crippen molar-refractivity contribution < 1.29 is 19.0 Å². The lowest BCUT2D eigenvalue weighted by molar-refractivity contribution is -0.169. The van der Waals surface area contributed by atoms with Crippen molar-refractivity contribution in [2.75, 3.05) is 33.9 Å². The lowest BCUT2D eigenvalue weighted by atomic mass is 9.54. The molecule has 0 aromatic heterocycles. The fraction of sp³-hybridized carbons (Fsp3) is 0.545. The van der Waals surface area contributed by atoms with Crippen molar-refractivity contribution in [1.29, 1.82) is 0 Å². The Morgan fingerprint density at radius 2 is 1.95 bits per heavy atom. The molecule has 3 aliphatic heterocycles. The number of carbonyl (C=O) groups is 1. The molecule has 1 aliphatic carbocycles. The maximum Gasteiger partial charge on any atom is 0.317 e. The monoisotopic (exact) mass is 517 g/mol. The average Bonchev–Trinajstić information content (AvgIpc) is 3.04. The quantitative estimate of drug-likeness (QED) is 0.268. The number of rotatable bonds is 10. The Bertz CT molecular complexity index is 1160. The van der Waals surface area contributed by atoms with Crippen molar-refractivity contribution >= 4 is 11.5 Å². The molecule has 0 radical (unpaired) electrons. The minimum absolute atomic E-state index is 0.0458. The number of ether oxygens (including phenoxy) is 3. The van der Waals surface area contributed by atoms with Crippen molar-refractivity contribution in [2.45, 2.75) is 65.0 Å². The van der Waals surface area contributed by atoms with Crippen LogP contribution in [-0.2, 0) is 20.9 Å². The Labute approximate surface area is 228 Å². The minimum atomic E-state index is -0.600. The summed E-state index contributed by atoms with van der Waals surface area (Å²) >= 11 is 0. The highest BCUT2D eigenvalue weighted by Crippen LogP contribution is 2.59. The van der Waals surface area contributed by atoms with E-state index in [9.17, 15) is 4.79 Å². The van der Waals surface area contributed by atoms with E-state index in [-0.39, 0.29) is 12.0 Å². The Balaban J connectivity index is 1.52. The van der Waals surface area contributed by atoms with Crippen LogP contribution in [0, 0.1) is 24.2 Å². The average molecular weight is 518 g/mol. The van der Waals surface area contributed by atoms with E-state index in [0.717, 1.165) is 50.9 Å². The number of benzene rings is 2. The third kappa shape index (κ3) is 4.91. The summed E-state index contributed by atoms with van der Waals surface area (Å²) < 4.78 is 17.5. The first kappa shape index (κ1) is 27.0. The molecule has 2 aromatic rings. The summed E-state index contributed by atoms with van der Waals surface area (Å²) in [6, 6.07) is 16.9. The van der Waals surface area contributed by atoms with E-state index >= 15 is 0 Å². The van der Waals surface area contributed by atoms with E-state index in [4.69, 9.17) is 14.2 Å². The van der Waals surface area contributed by atoms with Gasteiger partial charge in [-0.2, -0.15) is 0 Å². The summed E-state index contributed by atoms with van der Waals surface area (Å²) in [6.45, 7) is 7.80. The molecule has 5 unspecified atom stereocenters. The van der Waals surface area contributed by atoms with E-state index in [2.05, 4.69) is 55.1 Å². The fourth-order valence-electron chi connectivity index (χ4n) is 7.78. The molecule has 4 bridgehead atoms. The molecule has 0 N–H and O–H groups in total. The summed E-state index contributed by atoms with van der Waals surface area (Å²) in [5.41, 5.74) is 5.71. The Morgan fingerprint density at radius 1 is 1.13 bits per heavy atom. The van der Waals surface area contributed by atoms with Gasteiger partial charge in [-0.15, -0.1) is 0 Å². The third-order valence-corrected chi connectivity index (χ3v) is 9.20. The standard InChI is InChI=1S/C33H43NO4/c1-5-9-30-28(29-19-27(36-3)13-12-23(29)2)14-16-34-21-25-18-26(31(34)33(30,20-25)32(35)37-4)15-17-38-22-24-10-7-6-8-11-24/h6-8,10-13,19,25-26,31H,5,9,14-18,20-22H2,1-4H3. The van der Waals surface area contributed by atoms with Gasteiger partial charge in [0.15, 0.2) is 0 Å². The molecule has 5 heteroatoms. The number of methoxy groups -OCH3 is 2. The molecule has 5 atom stereocenters. The van der Waals surface area contributed by atoms with Crippen LogP contribution in [0.3, 0.4) is 0 Å². The zero-order valence-electron chi connectivity index (χ0n) is 23.5. The topological polar surface area (TPSA) is 48.0 Å². The predicted octanol–water partition coefficient (Wildman–Crippen LogP) is 6.44. The second kappa shape index (κ2) is 11.6. The first-order chi connectivity index (χ1) is 18.5. The highest BCUT2D eigenvalue weighted by Gasteiger charge is 2.62. The van der Waals surface area contributed by atoms with Crippen molar-refractivity contribution in [2.24, 2.45) is 17.3 Å². The molecule has 204 valence electrons. The summed E-state index contributed by atoms with van der Waals surface area (Å²) in [7, 11) is 3.30. The largest absolute Gasteiger partial charge is 0.497 e. The molecule has 5 nitrogen and oxygen atoms in total. The maximum absolute atomic E-state index is 14.0. The minimum Gasteiger partial charge on any atom is -0.497 e. The van der Waals surface area contributed by atoms with Crippen molar-refractivity contribution in [3.05, 3.63) is 70.8 Å². The number of hydrogen-bond acceptors (Lipinski definition) is 5. The number of aryl methyl sites for hydroxylation is 1. The Morgan fingerprint density at radius 3 is 2.68 bits per heavy atom. The van der Waals surface area contributed by atoms with Gasteiger partial charge in [0.1, 0.15) is 11.2 Å². The highest BCUT2D eigenvalue weighted by atomic mass is 16.5. The van der Waals surface area contributed by atoms with Gasteiger partial charge in [-0.05, 0) is 90.8 Å². The second-order valence-electron chi connectivity index (χ2n) is 11.4. The maximum atomic E-state index is 14.0. The highest BCUT2D eigenvalue weighted by molar-refractivity contribution is 5.88. The van der Waals surface area contributed by atoms with Crippen LogP contribution in [0.1, 0.15) is 62.1 Å². The number of hydrogen-bond donors (Lipinski definition) is 0. The molecule has 4 aliphatic rings. The van der Waals surface area contributed by atoms with Gasteiger partial charge in [-0.3, -0.25) is 9.69 Å². The molecular formula is C33H43NO4. The van der Waals surface area contributed by atoms with Crippen LogP contribution in [-0.4, -0.2) is 50.8 Å². The first-order valence-electron chi connectivity index (χ1n) is 14.3. The van der Waals surface area contributed by atoms with Crippen LogP contribution in [0.2, 0.25) is 0 Å². The lowest BCUT2D eigenvalue weighted by Gasteiger charge is -2.59. The lowest BCUT2D eigenvalue weighted by Crippen LogP contribution is -2.65. The van der Waals surface area contributed by atoms with Crippen LogP contribution in [0.25, 0.3) is 5.57 Å². The van der Waals surface area contributed by atoms with Gasteiger partial charge in [-0.25, -0.2) is 0 Å². The first-order valence-corrected chi connectivity index (χ1v) is 14.3. The van der Waals surface area contributed by atoms with Crippen LogP contribution >= 0.6 is 0 Å². The van der Waals surface area contributed by atoms with E-state index in [1.807, 2.05) is 12.1 Å². The van der Waals surface area contributed by atoms with E-state index in [0.29, 0.717) is 25.0 Å². The zero-order valence-corrected chi connectivity index (χ0v) is 23.5. The van der Waals surface area contributed by atoms with Crippen molar-refractivity contribution in [3.8, 4) is 5.75 Å². The van der Waals surface area contributed by atoms with Crippen LogP contribution < -0.4 is 4.74 Å². The normalized spacial score (nSPS) is 28.2. The van der Waals surface area contributed by atoms with E-state index in [1.165, 1.54) is 34.3 Å². The number of piperidine rings is 2. The molecule has 3 heterocycles. The van der Waals surface area contributed by atoms with E-state index < -0.39 is 5.41 Å². The van der Waals surface area contributed by atoms with Crippen LogP contribution in [0.15, 0.2) is 54.1 Å². The van der Waals surface area contributed by atoms with Gasteiger partial charge in [-0.1, -0.05) is 49.7 Å². The summed E-state index contributed by atoms with van der Waals surface area (Å²) in [5, 5.41) is 0. The van der Waals surface area contributed by atoms with Gasteiger partial charge in [0.2, 0.25) is 0 Å². The van der Waals surface area contributed by atoms with Gasteiger partial charge in [0, 0.05) is 25.7 Å². The molecule has 0 amide bonds. The second-order valence-corrected chi connectivity index (χ2v) is 11.4. The summed E-state index contributed by atoms with van der Waals surface area (Å²) in [4.78, 5) is 16.7. The Kier molecular flexibility index (Phi) is 8.25. The molecule has 1 saturated carbocycles. The fourth-order valence-corrected chi connectivity index (χ4v) is 7.78. The van der Waals surface area contributed by atoms with Gasteiger partial charge >= 0.3 is 5.97 Å². The molecule has 38 heavy (non-hydrogen) atoms. The number of nitrogens with zero attached hydrogens (tertiary/aromatic N) is 1. The SMILES string of the molecule is CCCC1=C(c2cc(OC)ccc2C)CCN2CC3CC(CCOCc4ccccc4)C2C1(C(=O)OC)C3. The molecular weight excluding hydrogens is 474 g/mol. The number of esters is 1.